The Morgan fingerprint density at radius 2 is 2.41 bits per heavy atom. The Balaban J connectivity index is 2.72. The van der Waals surface area contributed by atoms with E-state index >= 15 is 0 Å². The van der Waals surface area contributed by atoms with Gasteiger partial charge in [-0.1, -0.05) is 6.92 Å². The number of aliphatic hydroxyl groups is 1. The second-order valence-corrected chi connectivity index (χ2v) is 3.63. The minimum atomic E-state index is -0.464. The van der Waals surface area contributed by atoms with Crippen LogP contribution in [0.4, 0.5) is 5.69 Å². The van der Waals surface area contributed by atoms with Crippen molar-refractivity contribution >= 4 is 11.6 Å². The number of anilines is 1. The fraction of sp³-hybridized carbons (Fsp3) is 0.600. The van der Waals surface area contributed by atoms with Crippen LogP contribution in [0.25, 0.3) is 0 Å². The number of carbonyl (C=O) groups is 1. The summed E-state index contributed by atoms with van der Waals surface area (Å²) < 4.78 is 4.85. The molecule has 0 saturated carbocycles. The largest absolute Gasteiger partial charge is 0.395 e. The molecule has 1 aromatic rings. The quantitative estimate of drug-likeness (QED) is 0.526. The molecule has 0 aliphatic carbocycles. The van der Waals surface area contributed by atoms with E-state index in [-0.39, 0.29) is 18.9 Å². The number of nitrogens with one attached hydrogen (secondary N) is 2. The Bertz CT molecular complexity index is 378. The number of ether oxygens (including phenoxy) is 1. The maximum Gasteiger partial charge on any atom is 0.274 e. The molecule has 7 heteroatoms. The van der Waals surface area contributed by atoms with Gasteiger partial charge in [-0.25, -0.2) is 0 Å². The van der Waals surface area contributed by atoms with Gasteiger partial charge in [0.1, 0.15) is 0 Å². The van der Waals surface area contributed by atoms with E-state index in [1.807, 2.05) is 6.92 Å². The molecule has 7 nitrogen and oxygen atoms in total. The lowest BCUT2D eigenvalue weighted by Crippen LogP contribution is -2.41. The molecule has 1 amide bonds. The summed E-state index contributed by atoms with van der Waals surface area (Å²) in [5.74, 6) is -0.422. The van der Waals surface area contributed by atoms with E-state index in [0.29, 0.717) is 12.1 Å². The maximum atomic E-state index is 11.8. The smallest absolute Gasteiger partial charge is 0.274 e. The van der Waals surface area contributed by atoms with Crippen LogP contribution in [0.1, 0.15) is 23.1 Å². The van der Waals surface area contributed by atoms with Crippen LogP contribution in [0.15, 0.2) is 0 Å². The zero-order valence-electron chi connectivity index (χ0n) is 9.99. The van der Waals surface area contributed by atoms with E-state index < -0.39 is 11.9 Å². The number of aryl methyl sites for hydroxylation is 1. The van der Waals surface area contributed by atoms with E-state index in [1.165, 1.54) is 7.11 Å². The van der Waals surface area contributed by atoms with Gasteiger partial charge < -0.3 is 20.9 Å². The molecule has 1 rings (SSSR count). The Labute approximate surface area is 99.3 Å². The van der Waals surface area contributed by atoms with Gasteiger partial charge in [-0.3, -0.25) is 9.89 Å². The van der Waals surface area contributed by atoms with Crippen molar-refractivity contribution in [1.82, 2.24) is 15.5 Å². The molecule has 5 N–H and O–H groups in total. The van der Waals surface area contributed by atoms with E-state index in [4.69, 9.17) is 15.6 Å². The molecule has 96 valence electrons. The van der Waals surface area contributed by atoms with Crippen LogP contribution in [0.2, 0.25) is 0 Å². The number of carbonyl (C=O) groups excluding carboxylic acids is 1. The minimum absolute atomic E-state index is 0.149. The molecular formula is C10H18N4O3. The van der Waals surface area contributed by atoms with Crippen molar-refractivity contribution in [3.05, 3.63) is 11.4 Å². The second kappa shape index (κ2) is 6.21. The first-order valence-corrected chi connectivity index (χ1v) is 5.37. The molecule has 0 aliphatic rings. The Morgan fingerprint density at radius 1 is 1.71 bits per heavy atom. The third kappa shape index (κ3) is 3.18. The molecular weight excluding hydrogens is 224 g/mol. The second-order valence-electron chi connectivity index (χ2n) is 3.63. The summed E-state index contributed by atoms with van der Waals surface area (Å²) in [5, 5.41) is 18.2. The summed E-state index contributed by atoms with van der Waals surface area (Å²) in [7, 11) is 1.49. The first-order valence-electron chi connectivity index (χ1n) is 5.37. The van der Waals surface area contributed by atoms with Crippen molar-refractivity contribution in [2.45, 2.75) is 19.4 Å². The molecule has 1 heterocycles. The third-order valence-electron chi connectivity index (χ3n) is 2.37. The van der Waals surface area contributed by atoms with E-state index in [9.17, 15) is 4.79 Å². The van der Waals surface area contributed by atoms with Gasteiger partial charge >= 0.3 is 0 Å². The molecule has 0 spiro atoms. The third-order valence-corrected chi connectivity index (χ3v) is 2.37. The molecule has 0 radical (unpaired) electrons. The highest BCUT2D eigenvalue weighted by Crippen LogP contribution is 2.14. The van der Waals surface area contributed by atoms with E-state index in [2.05, 4.69) is 15.5 Å². The van der Waals surface area contributed by atoms with Crippen LogP contribution in [0.3, 0.4) is 0 Å². The Hall–Kier alpha value is -1.60. The number of hydrogen-bond acceptors (Lipinski definition) is 5. The minimum Gasteiger partial charge on any atom is -0.395 e. The van der Waals surface area contributed by atoms with Crippen LogP contribution in [0, 0.1) is 0 Å². The van der Waals surface area contributed by atoms with Crippen molar-refractivity contribution < 1.29 is 14.6 Å². The number of H-pyrrole nitrogens is 1. The molecule has 1 aromatic heterocycles. The van der Waals surface area contributed by atoms with Crippen LogP contribution in [-0.4, -0.2) is 47.6 Å². The molecule has 0 aromatic carbocycles. The van der Waals surface area contributed by atoms with Gasteiger partial charge in [0.05, 0.1) is 30.6 Å². The molecule has 0 saturated heterocycles. The Morgan fingerprint density at radius 3 is 2.88 bits per heavy atom. The zero-order valence-corrected chi connectivity index (χ0v) is 9.99. The summed E-state index contributed by atoms with van der Waals surface area (Å²) in [6.07, 6.45) is 0.674. The van der Waals surface area contributed by atoms with E-state index in [1.54, 1.807) is 0 Å². The summed E-state index contributed by atoms with van der Waals surface area (Å²) >= 11 is 0. The van der Waals surface area contributed by atoms with Crippen molar-refractivity contribution in [1.29, 1.82) is 0 Å². The molecule has 1 unspecified atom stereocenters. The monoisotopic (exact) mass is 242 g/mol. The van der Waals surface area contributed by atoms with Gasteiger partial charge in [-0.2, -0.15) is 5.10 Å². The van der Waals surface area contributed by atoms with Gasteiger partial charge in [-0.05, 0) is 6.42 Å². The van der Waals surface area contributed by atoms with Crippen LogP contribution >= 0.6 is 0 Å². The lowest BCUT2D eigenvalue weighted by Gasteiger charge is -2.14. The molecule has 1 atom stereocenters. The summed E-state index contributed by atoms with van der Waals surface area (Å²) in [6, 6.07) is -0.464. The summed E-state index contributed by atoms with van der Waals surface area (Å²) in [5.41, 5.74) is 6.98. The maximum absolute atomic E-state index is 11.8. The van der Waals surface area contributed by atoms with Crippen LogP contribution in [0.5, 0.6) is 0 Å². The summed E-state index contributed by atoms with van der Waals surface area (Å²) in [4.78, 5) is 11.8. The number of aromatic amines is 1. The molecule has 0 aliphatic heterocycles. The fourth-order valence-corrected chi connectivity index (χ4v) is 1.42. The van der Waals surface area contributed by atoms with E-state index in [0.717, 1.165) is 5.69 Å². The lowest BCUT2D eigenvalue weighted by atomic mass is 10.2. The normalized spacial score (nSPS) is 12.4. The van der Waals surface area contributed by atoms with Gasteiger partial charge in [-0.15, -0.1) is 0 Å². The number of aliphatic hydroxyl groups excluding tert-OH is 1. The molecule has 0 bridgehead atoms. The van der Waals surface area contributed by atoms with Gasteiger partial charge in [0, 0.05) is 7.11 Å². The number of nitrogens with zero attached hydrogens (tertiary/aromatic N) is 1. The topological polar surface area (TPSA) is 113 Å². The lowest BCUT2D eigenvalue weighted by molar-refractivity contribution is 0.0836. The van der Waals surface area contributed by atoms with Crippen molar-refractivity contribution in [2.24, 2.45) is 0 Å². The van der Waals surface area contributed by atoms with Crippen molar-refractivity contribution in [3.8, 4) is 0 Å². The van der Waals surface area contributed by atoms with Gasteiger partial charge in [0.2, 0.25) is 0 Å². The number of hydrogen-bond donors (Lipinski definition) is 4. The van der Waals surface area contributed by atoms with Gasteiger partial charge in [0.25, 0.3) is 5.91 Å². The summed E-state index contributed by atoms with van der Waals surface area (Å²) in [6.45, 7) is 1.94. The van der Waals surface area contributed by atoms with Crippen LogP contribution in [-0.2, 0) is 11.2 Å². The molecule has 0 fully saturated rings. The zero-order chi connectivity index (χ0) is 12.8. The average Bonchev–Trinajstić information content (AvgIpc) is 2.69. The highest BCUT2D eigenvalue weighted by atomic mass is 16.5. The van der Waals surface area contributed by atoms with Gasteiger partial charge in [0.15, 0.2) is 5.69 Å². The standard InChI is InChI=1S/C10H18N4O3/c1-3-7-8(11)9(14-13-7)10(16)12-6(4-15)5-17-2/h6,15H,3-5,11H2,1-2H3,(H,12,16)(H,13,14). The number of rotatable bonds is 6. The number of methoxy groups -OCH3 is 1. The fourth-order valence-electron chi connectivity index (χ4n) is 1.42. The number of aromatic nitrogens is 2. The Kier molecular flexibility index (Phi) is 4.92. The first kappa shape index (κ1) is 13.5. The predicted molar refractivity (Wildman–Crippen MR) is 62.6 cm³/mol. The van der Waals surface area contributed by atoms with Crippen molar-refractivity contribution in [3.63, 3.8) is 0 Å². The number of nitrogen functional groups attached to an aromatic ring is 1. The SMILES string of the molecule is CCc1[nH]nc(C(=O)NC(CO)COC)c1N. The highest BCUT2D eigenvalue weighted by Gasteiger charge is 2.19. The average molecular weight is 242 g/mol. The highest BCUT2D eigenvalue weighted by molar-refractivity contribution is 5.97. The molecule has 17 heavy (non-hydrogen) atoms. The van der Waals surface area contributed by atoms with Crippen molar-refractivity contribution in [2.75, 3.05) is 26.1 Å². The van der Waals surface area contributed by atoms with Crippen LogP contribution < -0.4 is 11.1 Å². The number of nitrogens with two attached hydrogens (primary N) is 1. The predicted octanol–water partition coefficient (Wildman–Crippen LogP) is -0.709. The first-order chi connectivity index (χ1) is 8.13. The number of amides is 1.